The molecule has 0 aliphatic rings. The zero-order chi connectivity index (χ0) is 15.5. The smallest absolute Gasteiger partial charge is 0.212 e. The summed E-state index contributed by atoms with van der Waals surface area (Å²) in [5.74, 6) is 0.790. The van der Waals surface area contributed by atoms with Crippen molar-refractivity contribution in [1.82, 2.24) is 29.8 Å². The highest BCUT2D eigenvalue weighted by Gasteiger charge is 2.10. The van der Waals surface area contributed by atoms with Gasteiger partial charge < -0.3 is 0 Å². The first kappa shape index (κ1) is 13.8. The number of pyridine rings is 2. The van der Waals surface area contributed by atoms with Gasteiger partial charge in [0.25, 0.3) is 0 Å². The Morgan fingerprint density at radius 2 is 1.78 bits per heavy atom. The average molecular weight is 320 g/mol. The fourth-order valence-corrected chi connectivity index (χ4v) is 2.98. The van der Waals surface area contributed by atoms with E-state index in [-0.39, 0.29) is 0 Å². The van der Waals surface area contributed by atoms with Gasteiger partial charge in [-0.1, -0.05) is 17.8 Å². The fraction of sp³-hybridized carbons (Fsp3) is 0.0625. The summed E-state index contributed by atoms with van der Waals surface area (Å²) in [6.45, 7) is 0. The van der Waals surface area contributed by atoms with Gasteiger partial charge in [-0.05, 0) is 42.0 Å². The van der Waals surface area contributed by atoms with E-state index in [1.807, 2.05) is 42.5 Å². The Balaban J connectivity index is 1.65. The van der Waals surface area contributed by atoms with Crippen molar-refractivity contribution in [3.8, 4) is 11.4 Å². The minimum Gasteiger partial charge on any atom is -0.265 e. The van der Waals surface area contributed by atoms with Crippen molar-refractivity contribution in [3.63, 3.8) is 0 Å². The van der Waals surface area contributed by atoms with Crippen molar-refractivity contribution in [2.75, 3.05) is 0 Å². The summed E-state index contributed by atoms with van der Waals surface area (Å²) >= 11 is 1.59. The molecule has 0 fully saturated rings. The Hall–Kier alpha value is -2.80. The van der Waals surface area contributed by atoms with Crippen LogP contribution < -0.4 is 0 Å². The first-order valence-corrected chi connectivity index (χ1v) is 8.04. The normalized spacial score (nSPS) is 11.0. The second-order valence-electron chi connectivity index (χ2n) is 4.83. The van der Waals surface area contributed by atoms with Crippen LogP contribution >= 0.6 is 11.8 Å². The molecule has 0 saturated carbocycles. The fourth-order valence-electron chi connectivity index (χ4n) is 2.14. The summed E-state index contributed by atoms with van der Waals surface area (Å²) in [5.41, 5.74) is 3.53. The minimum atomic E-state index is 0.724. The van der Waals surface area contributed by atoms with E-state index in [9.17, 15) is 0 Å². The molecule has 0 aliphatic carbocycles. The van der Waals surface area contributed by atoms with E-state index in [1.54, 1.807) is 34.9 Å². The third-order valence-electron chi connectivity index (χ3n) is 3.28. The summed E-state index contributed by atoms with van der Waals surface area (Å²) in [6.07, 6.45) is 5.33. The number of thioether (sulfide) groups is 1. The average Bonchev–Trinajstić information content (AvgIpc) is 3.04. The van der Waals surface area contributed by atoms with Crippen molar-refractivity contribution in [1.29, 1.82) is 0 Å². The van der Waals surface area contributed by atoms with E-state index in [2.05, 4.69) is 25.3 Å². The molecule has 4 heterocycles. The van der Waals surface area contributed by atoms with Crippen molar-refractivity contribution in [3.05, 3.63) is 66.6 Å². The van der Waals surface area contributed by atoms with E-state index in [0.717, 1.165) is 27.9 Å². The zero-order valence-corrected chi connectivity index (χ0v) is 12.9. The second kappa shape index (κ2) is 6.13. The molecule has 0 aliphatic heterocycles. The van der Waals surface area contributed by atoms with E-state index < -0.39 is 0 Å². The van der Waals surface area contributed by atoms with E-state index in [1.165, 1.54) is 5.56 Å². The highest BCUT2D eigenvalue weighted by molar-refractivity contribution is 7.98. The number of hydrogen-bond acceptors (Lipinski definition) is 6. The predicted molar refractivity (Wildman–Crippen MR) is 87.8 cm³/mol. The van der Waals surface area contributed by atoms with Gasteiger partial charge in [0.15, 0.2) is 5.65 Å². The van der Waals surface area contributed by atoms with Gasteiger partial charge in [0.2, 0.25) is 5.16 Å². The van der Waals surface area contributed by atoms with Crippen molar-refractivity contribution >= 4 is 17.4 Å². The molecule has 0 atom stereocenters. The molecule has 0 spiro atoms. The summed E-state index contributed by atoms with van der Waals surface area (Å²) in [5, 5.41) is 13.8. The quantitative estimate of drug-likeness (QED) is 0.539. The minimum absolute atomic E-state index is 0.724. The Morgan fingerprint density at radius 3 is 2.61 bits per heavy atom. The topological polar surface area (TPSA) is 68.9 Å². The number of nitrogens with zero attached hydrogens (tertiary/aromatic N) is 6. The van der Waals surface area contributed by atoms with Crippen molar-refractivity contribution in [2.45, 2.75) is 10.9 Å². The number of fused-ring (bicyclic) bond motifs is 1. The first-order valence-electron chi connectivity index (χ1n) is 7.06. The van der Waals surface area contributed by atoms with Crippen LogP contribution in [0.5, 0.6) is 0 Å². The third kappa shape index (κ3) is 2.91. The molecule has 0 radical (unpaired) electrons. The maximum absolute atomic E-state index is 4.61. The summed E-state index contributed by atoms with van der Waals surface area (Å²) in [7, 11) is 0. The van der Waals surface area contributed by atoms with Crippen molar-refractivity contribution in [2.24, 2.45) is 0 Å². The molecule has 4 rings (SSSR count). The molecule has 0 unspecified atom stereocenters. The lowest BCUT2D eigenvalue weighted by Crippen LogP contribution is -1.97. The zero-order valence-electron chi connectivity index (χ0n) is 12.1. The molecule has 23 heavy (non-hydrogen) atoms. The Labute approximate surface area is 136 Å². The lowest BCUT2D eigenvalue weighted by atomic mass is 10.2. The highest BCUT2D eigenvalue weighted by Crippen LogP contribution is 2.22. The monoisotopic (exact) mass is 320 g/mol. The van der Waals surface area contributed by atoms with Crippen LogP contribution in [0.3, 0.4) is 0 Å². The molecule has 0 bridgehead atoms. The highest BCUT2D eigenvalue weighted by atomic mass is 32.2. The van der Waals surface area contributed by atoms with Gasteiger partial charge >= 0.3 is 0 Å². The summed E-state index contributed by atoms with van der Waals surface area (Å²) in [4.78, 5) is 8.36. The van der Waals surface area contributed by atoms with Crippen LogP contribution in [0.1, 0.15) is 5.56 Å². The molecule has 112 valence electrons. The third-order valence-corrected chi connectivity index (χ3v) is 4.27. The van der Waals surface area contributed by atoms with Gasteiger partial charge in [0, 0.05) is 24.3 Å². The van der Waals surface area contributed by atoms with Crippen LogP contribution in [0.2, 0.25) is 0 Å². The van der Waals surface area contributed by atoms with Crippen molar-refractivity contribution < 1.29 is 0 Å². The maximum Gasteiger partial charge on any atom is 0.212 e. The molecule has 0 aromatic carbocycles. The van der Waals surface area contributed by atoms with Gasteiger partial charge in [-0.2, -0.15) is 9.61 Å². The van der Waals surface area contributed by atoms with Crippen LogP contribution in [-0.2, 0) is 5.75 Å². The molecule has 0 amide bonds. The van der Waals surface area contributed by atoms with E-state index in [4.69, 9.17) is 0 Å². The molecule has 4 aromatic heterocycles. The standard InChI is InChI=1S/C16H12N6S/c1-2-8-18-13(3-1)14-4-5-15-19-20-16(22(15)21-14)23-11-12-6-9-17-10-7-12/h1-10H,11H2. The molecule has 0 saturated heterocycles. The number of hydrogen-bond donors (Lipinski definition) is 0. The van der Waals surface area contributed by atoms with Crippen LogP contribution in [-0.4, -0.2) is 29.8 Å². The number of aromatic nitrogens is 6. The SMILES string of the molecule is c1ccc(-c2ccc3nnc(SCc4ccncc4)n3n2)nc1. The van der Waals surface area contributed by atoms with Crippen LogP contribution in [0.25, 0.3) is 17.0 Å². The van der Waals surface area contributed by atoms with Gasteiger partial charge in [-0.15, -0.1) is 10.2 Å². The molecular weight excluding hydrogens is 308 g/mol. The van der Waals surface area contributed by atoms with E-state index >= 15 is 0 Å². The second-order valence-corrected chi connectivity index (χ2v) is 5.77. The van der Waals surface area contributed by atoms with Gasteiger partial charge in [0.05, 0.1) is 5.69 Å². The first-order chi connectivity index (χ1) is 11.4. The Morgan fingerprint density at radius 1 is 0.870 bits per heavy atom. The molecule has 4 aromatic rings. The lowest BCUT2D eigenvalue weighted by molar-refractivity contribution is 0.811. The summed E-state index contributed by atoms with van der Waals surface area (Å²) in [6, 6.07) is 13.6. The lowest BCUT2D eigenvalue weighted by Gasteiger charge is -2.02. The Kier molecular flexibility index (Phi) is 3.69. The summed E-state index contributed by atoms with van der Waals surface area (Å²) < 4.78 is 1.76. The van der Waals surface area contributed by atoms with Crippen LogP contribution in [0, 0.1) is 0 Å². The van der Waals surface area contributed by atoms with Gasteiger partial charge in [-0.25, -0.2) is 0 Å². The number of rotatable bonds is 4. The van der Waals surface area contributed by atoms with Gasteiger partial charge in [-0.3, -0.25) is 9.97 Å². The van der Waals surface area contributed by atoms with Crippen LogP contribution in [0.15, 0.2) is 66.2 Å². The molecular formula is C16H12N6S. The Bertz CT molecular complexity index is 923. The van der Waals surface area contributed by atoms with Gasteiger partial charge in [0.1, 0.15) is 5.69 Å². The van der Waals surface area contributed by atoms with Crippen LogP contribution in [0.4, 0.5) is 0 Å². The molecule has 7 heteroatoms. The molecule has 6 nitrogen and oxygen atoms in total. The molecule has 0 N–H and O–H groups in total. The predicted octanol–water partition coefficient (Wildman–Crippen LogP) is 2.87. The van der Waals surface area contributed by atoms with E-state index in [0.29, 0.717) is 0 Å². The maximum atomic E-state index is 4.61. The largest absolute Gasteiger partial charge is 0.265 e.